The topological polar surface area (TPSA) is 29.9 Å². The zero-order valence-corrected chi connectivity index (χ0v) is 9.91. The van der Waals surface area contributed by atoms with Crippen LogP contribution in [0.2, 0.25) is 5.02 Å². The average molecular weight is 236 g/mol. The van der Waals surface area contributed by atoms with E-state index in [0.717, 1.165) is 18.7 Å². The highest BCUT2D eigenvalue weighted by atomic mass is 35.5. The van der Waals surface area contributed by atoms with Gasteiger partial charge in [-0.2, -0.15) is 0 Å². The third-order valence-corrected chi connectivity index (χ3v) is 2.74. The SMILES string of the molecule is CNCc1ccn(Cc2ccncc2Cl)c1. The van der Waals surface area contributed by atoms with Crippen molar-refractivity contribution in [2.45, 2.75) is 13.1 Å². The highest BCUT2D eigenvalue weighted by Crippen LogP contribution is 2.15. The predicted molar refractivity (Wildman–Crippen MR) is 65.5 cm³/mol. The maximum Gasteiger partial charge on any atom is 0.0639 e. The molecule has 0 unspecified atom stereocenters. The van der Waals surface area contributed by atoms with Crippen LogP contribution in [0, 0.1) is 0 Å². The Balaban J connectivity index is 2.11. The number of nitrogens with zero attached hydrogens (tertiary/aromatic N) is 2. The van der Waals surface area contributed by atoms with E-state index >= 15 is 0 Å². The maximum absolute atomic E-state index is 6.05. The molecule has 0 saturated heterocycles. The molecule has 0 fully saturated rings. The van der Waals surface area contributed by atoms with Crippen LogP contribution in [0.5, 0.6) is 0 Å². The van der Waals surface area contributed by atoms with E-state index in [1.807, 2.05) is 13.1 Å². The summed E-state index contributed by atoms with van der Waals surface area (Å²) in [5.74, 6) is 0. The Morgan fingerprint density at radius 2 is 2.31 bits per heavy atom. The van der Waals surface area contributed by atoms with E-state index in [1.165, 1.54) is 5.56 Å². The Labute approximate surface area is 100 Å². The number of rotatable bonds is 4. The molecule has 16 heavy (non-hydrogen) atoms. The van der Waals surface area contributed by atoms with Crippen molar-refractivity contribution in [1.82, 2.24) is 14.9 Å². The molecule has 3 nitrogen and oxygen atoms in total. The Hall–Kier alpha value is -1.32. The summed E-state index contributed by atoms with van der Waals surface area (Å²) in [6, 6.07) is 4.05. The van der Waals surface area contributed by atoms with Gasteiger partial charge in [-0.15, -0.1) is 0 Å². The number of halogens is 1. The first kappa shape index (κ1) is 11.2. The van der Waals surface area contributed by atoms with E-state index in [0.29, 0.717) is 5.02 Å². The molecule has 0 aromatic carbocycles. The molecule has 0 saturated carbocycles. The summed E-state index contributed by atoms with van der Waals surface area (Å²) in [6.45, 7) is 1.67. The van der Waals surface area contributed by atoms with Crippen molar-refractivity contribution in [3.05, 3.63) is 53.1 Å². The molecule has 0 atom stereocenters. The van der Waals surface area contributed by atoms with Gasteiger partial charge in [0.25, 0.3) is 0 Å². The standard InChI is InChI=1S/C12H14ClN3/c1-14-6-10-3-5-16(8-10)9-11-2-4-15-7-12(11)13/h2-5,7-8,14H,6,9H2,1H3. The van der Waals surface area contributed by atoms with Gasteiger partial charge in [-0.25, -0.2) is 0 Å². The van der Waals surface area contributed by atoms with Crippen molar-refractivity contribution in [2.24, 2.45) is 0 Å². The van der Waals surface area contributed by atoms with Crippen LogP contribution >= 0.6 is 11.6 Å². The van der Waals surface area contributed by atoms with Crippen molar-refractivity contribution >= 4 is 11.6 Å². The van der Waals surface area contributed by atoms with Gasteiger partial charge in [0.1, 0.15) is 0 Å². The zero-order chi connectivity index (χ0) is 11.4. The van der Waals surface area contributed by atoms with Gasteiger partial charge >= 0.3 is 0 Å². The molecule has 0 bridgehead atoms. The number of hydrogen-bond donors (Lipinski definition) is 1. The van der Waals surface area contributed by atoms with Crippen LogP contribution in [0.3, 0.4) is 0 Å². The van der Waals surface area contributed by atoms with E-state index in [4.69, 9.17) is 11.6 Å². The van der Waals surface area contributed by atoms with Crippen LogP contribution in [0.4, 0.5) is 0 Å². The van der Waals surface area contributed by atoms with Crippen LogP contribution in [-0.2, 0) is 13.1 Å². The number of nitrogens with one attached hydrogen (secondary N) is 1. The highest BCUT2D eigenvalue weighted by Gasteiger charge is 2.01. The highest BCUT2D eigenvalue weighted by molar-refractivity contribution is 6.31. The fourth-order valence-corrected chi connectivity index (χ4v) is 1.81. The van der Waals surface area contributed by atoms with Crippen molar-refractivity contribution in [3.63, 3.8) is 0 Å². The molecule has 4 heteroatoms. The lowest BCUT2D eigenvalue weighted by molar-refractivity contribution is 0.782. The van der Waals surface area contributed by atoms with Gasteiger partial charge in [0.15, 0.2) is 0 Å². The van der Waals surface area contributed by atoms with Gasteiger partial charge in [0, 0.05) is 37.9 Å². The molecule has 0 radical (unpaired) electrons. The number of pyridine rings is 1. The fourth-order valence-electron chi connectivity index (χ4n) is 1.63. The van der Waals surface area contributed by atoms with E-state index in [9.17, 15) is 0 Å². The fraction of sp³-hybridized carbons (Fsp3) is 0.250. The summed E-state index contributed by atoms with van der Waals surface area (Å²) in [6.07, 6.45) is 7.62. The second-order valence-corrected chi connectivity index (χ2v) is 4.10. The summed E-state index contributed by atoms with van der Waals surface area (Å²) in [7, 11) is 1.94. The molecule has 1 N–H and O–H groups in total. The molecule has 0 spiro atoms. The summed E-state index contributed by atoms with van der Waals surface area (Å²) >= 11 is 6.05. The largest absolute Gasteiger partial charge is 0.350 e. The molecular weight excluding hydrogens is 222 g/mol. The third-order valence-electron chi connectivity index (χ3n) is 2.40. The number of aromatic nitrogens is 2. The van der Waals surface area contributed by atoms with Gasteiger partial charge in [0.2, 0.25) is 0 Å². The van der Waals surface area contributed by atoms with Gasteiger partial charge in [-0.1, -0.05) is 11.6 Å². The lowest BCUT2D eigenvalue weighted by Gasteiger charge is -2.04. The summed E-state index contributed by atoms with van der Waals surface area (Å²) in [5.41, 5.74) is 2.36. The minimum absolute atomic E-state index is 0.714. The maximum atomic E-state index is 6.05. The van der Waals surface area contributed by atoms with Gasteiger partial charge in [-0.3, -0.25) is 4.98 Å². The Morgan fingerprint density at radius 3 is 3.06 bits per heavy atom. The van der Waals surface area contributed by atoms with E-state index in [2.05, 4.69) is 33.3 Å². The second-order valence-electron chi connectivity index (χ2n) is 3.69. The molecule has 0 aliphatic heterocycles. The molecule has 0 aliphatic rings. The second kappa shape index (κ2) is 5.14. The minimum atomic E-state index is 0.714. The first-order valence-electron chi connectivity index (χ1n) is 5.17. The molecule has 84 valence electrons. The lowest BCUT2D eigenvalue weighted by Crippen LogP contribution is -2.04. The first-order chi connectivity index (χ1) is 7.79. The zero-order valence-electron chi connectivity index (χ0n) is 9.15. The van der Waals surface area contributed by atoms with Crippen LogP contribution in [0.25, 0.3) is 0 Å². The quantitative estimate of drug-likeness (QED) is 0.882. The molecular formula is C12H14ClN3. The number of hydrogen-bond acceptors (Lipinski definition) is 2. The van der Waals surface area contributed by atoms with Crippen molar-refractivity contribution < 1.29 is 0 Å². The van der Waals surface area contributed by atoms with Gasteiger partial charge < -0.3 is 9.88 Å². The summed E-state index contributed by atoms with van der Waals surface area (Å²) in [4.78, 5) is 3.97. The van der Waals surface area contributed by atoms with Crippen LogP contribution in [-0.4, -0.2) is 16.6 Å². The first-order valence-corrected chi connectivity index (χ1v) is 5.55. The lowest BCUT2D eigenvalue weighted by atomic mass is 10.2. The van der Waals surface area contributed by atoms with E-state index < -0.39 is 0 Å². The molecule has 0 aliphatic carbocycles. The molecule has 0 amide bonds. The summed E-state index contributed by atoms with van der Waals surface area (Å²) < 4.78 is 2.12. The van der Waals surface area contributed by atoms with E-state index in [1.54, 1.807) is 12.4 Å². The van der Waals surface area contributed by atoms with Crippen molar-refractivity contribution in [1.29, 1.82) is 0 Å². The normalized spacial score (nSPS) is 10.6. The van der Waals surface area contributed by atoms with Crippen molar-refractivity contribution in [2.75, 3.05) is 7.05 Å². The van der Waals surface area contributed by atoms with Crippen molar-refractivity contribution in [3.8, 4) is 0 Å². The van der Waals surface area contributed by atoms with Gasteiger partial charge in [-0.05, 0) is 30.3 Å². The predicted octanol–water partition coefficient (Wildman–Crippen LogP) is 2.30. The Kier molecular flexibility index (Phi) is 3.59. The third kappa shape index (κ3) is 2.62. The molecule has 2 rings (SSSR count). The van der Waals surface area contributed by atoms with Crippen LogP contribution in [0.1, 0.15) is 11.1 Å². The monoisotopic (exact) mass is 235 g/mol. The molecule has 2 heterocycles. The van der Waals surface area contributed by atoms with Crippen LogP contribution < -0.4 is 5.32 Å². The molecule has 2 aromatic rings. The summed E-state index contributed by atoms with van der Waals surface area (Å²) in [5, 5.41) is 3.84. The minimum Gasteiger partial charge on any atom is -0.350 e. The van der Waals surface area contributed by atoms with E-state index in [-0.39, 0.29) is 0 Å². The van der Waals surface area contributed by atoms with Gasteiger partial charge in [0.05, 0.1) is 5.02 Å². The Morgan fingerprint density at radius 1 is 1.44 bits per heavy atom. The smallest absolute Gasteiger partial charge is 0.0639 e. The average Bonchev–Trinajstić information content (AvgIpc) is 2.70. The molecule has 2 aromatic heterocycles. The Bertz CT molecular complexity index is 465. The van der Waals surface area contributed by atoms with Crippen LogP contribution in [0.15, 0.2) is 36.9 Å².